The lowest BCUT2D eigenvalue weighted by Gasteiger charge is -2.23. The molecule has 0 spiro atoms. The van der Waals surface area contributed by atoms with Crippen LogP contribution in [0.3, 0.4) is 0 Å². The van der Waals surface area contributed by atoms with E-state index in [-0.39, 0.29) is 5.91 Å². The van der Waals surface area contributed by atoms with Crippen LogP contribution in [0.5, 0.6) is 5.75 Å². The highest BCUT2D eigenvalue weighted by Crippen LogP contribution is 2.30. The van der Waals surface area contributed by atoms with E-state index in [9.17, 15) is 4.79 Å². The highest BCUT2D eigenvalue weighted by molar-refractivity contribution is 6.18. The molecule has 4 nitrogen and oxygen atoms in total. The van der Waals surface area contributed by atoms with Crippen LogP contribution in [0.25, 0.3) is 0 Å². The summed E-state index contributed by atoms with van der Waals surface area (Å²) in [6.07, 6.45) is 0.476. The highest BCUT2D eigenvalue weighted by atomic mass is 35.5. The molecule has 0 aromatic heterocycles. The van der Waals surface area contributed by atoms with Crippen LogP contribution in [0.1, 0.15) is 12.5 Å². The molecule has 0 fully saturated rings. The topological polar surface area (TPSA) is 50.4 Å². The molecule has 1 aromatic rings. The average Bonchev–Trinajstić information content (AvgIpc) is 2.36. The summed E-state index contributed by atoms with van der Waals surface area (Å²) in [5, 5.41) is 6.08. The summed E-state index contributed by atoms with van der Waals surface area (Å²) in [6, 6.07) is 5.88. The summed E-state index contributed by atoms with van der Waals surface area (Å²) in [7, 11) is 0. The lowest BCUT2D eigenvalue weighted by atomic mass is 10.1. The normalized spacial score (nSPS) is 17.9. The molecule has 1 aliphatic rings. The van der Waals surface area contributed by atoms with Crippen LogP contribution in [0, 0.1) is 0 Å². The molecule has 18 heavy (non-hydrogen) atoms. The van der Waals surface area contributed by atoms with Crippen LogP contribution in [0.4, 0.5) is 5.69 Å². The summed E-state index contributed by atoms with van der Waals surface area (Å²) in [4.78, 5) is 11.5. The smallest absolute Gasteiger partial charge is 0.265 e. The molecule has 2 rings (SSSR count). The molecule has 1 heterocycles. The molecule has 0 radical (unpaired) electrons. The Morgan fingerprint density at radius 3 is 3.06 bits per heavy atom. The van der Waals surface area contributed by atoms with Crippen molar-refractivity contribution >= 4 is 23.2 Å². The van der Waals surface area contributed by atoms with Crippen LogP contribution >= 0.6 is 11.6 Å². The summed E-state index contributed by atoms with van der Waals surface area (Å²) < 4.78 is 5.50. The van der Waals surface area contributed by atoms with E-state index in [2.05, 4.69) is 10.6 Å². The molecule has 0 bridgehead atoms. The molecule has 98 valence electrons. The van der Waals surface area contributed by atoms with Gasteiger partial charge in [0.05, 0.1) is 5.69 Å². The molecule has 1 aromatic carbocycles. The molecule has 0 saturated carbocycles. The highest BCUT2D eigenvalue weighted by Gasteiger charge is 2.23. The van der Waals surface area contributed by atoms with Gasteiger partial charge in [-0.2, -0.15) is 0 Å². The number of hydrogen-bond donors (Lipinski definition) is 2. The predicted octanol–water partition coefficient (Wildman–Crippen LogP) is 1.78. The third-order valence-electron chi connectivity index (χ3n) is 2.84. The predicted molar refractivity (Wildman–Crippen MR) is 72.5 cm³/mol. The maximum atomic E-state index is 11.5. The van der Waals surface area contributed by atoms with Gasteiger partial charge in [0.1, 0.15) is 5.75 Å². The Morgan fingerprint density at radius 1 is 1.44 bits per heavy atom. The monoisotopic (exact) mass is 268 g/mol. The van der Waals surface area contributed by atoms with E-state index < -0.39 is 6.10 Å². The van der Waals surface area contributed by atoms with Crippen LogP contribution in [-0.4, -0.2) is 31.0 Å². The van der Waals surface area contributed by atoms with Crippen LogP contribution in [0.2, 0.25) is 0 Å². The summed E-state index contributed by atoms with van der Waals surface area (Å²) in [5.74, 6) is 1.26. The summed E-state index contributed by atoms with van der Waals surface area (Å²) in [5.41, 5.74) is 1.92. The molecule has 1 amide bonds. The Hall–Kier alpha value is -1.26. The molecule has 0 aliphatic carbocycles. The van der Waals surface area contributed by atoms with Crippen LogP contribution < -0.4 is 15.4 Å². The first kappa shape index (κ1) is 13.2. The Kier molecular flexibility index (Phi) is 4.44. The summed E-state index contributed by atoms with van der Waals surface area (Å²) >= 11 is 5.58. The first-order chi connectivity index (χ1) is 8.70. The van der Waals surface area contributed by atoms with Gasteiger partial charge in [0, 0.05) is 12.4 Å². The van der Waals surface area contributed by atoms with E-state index in [0.29, 0.717) is 5.88 Å². The van der Waals surface area contributed by atoms with Gasteiger partial charge in [0.25, 0.3) is 5.91 Å². The van der Waals surface area contributed by atoms with Crippen molar-refractivity contribution in [3.63, 3.8) is 0 Å². The van der Waals surface area contributed by atoms with Gasteiger partial charge >= 0.3 is 0 Å². The molecule has 1 unspecified atom stereocenters. The molecule has 5 heteroatoms. The minimum absolute atomic E-state index is 0.0973. The van der Waals surface area contributed by atoms with Gasteiger partial charge in [-0.1, -0.05) is 6.07 Å². The van der Waals surface area contributed by atoms with E-state index >= 15 is 0 Å². The number of alkyl halides is 1. The average molecular weight is 269 g/mol. The van der Waals surface area contributed by atoms with E-state index in [4.69, 9.17) is 16.3 Å². The maximum Gasteiger partial charge on any atom is 0.265 e. The lowest BCUT2D eigenvalue weighted by molar-refractivity contribution is -0.122. The molecular weight excluding hydrogens is 252 g/mol. The van der Waals surface area contributed by atoms with Gasteiger partial charge in [-0.25, -0.2) is 0 Å². The third-order valence-corrected chi connectivity index (χ3v) is 3.03. The summed E-state index contributed by atoms with van der Waals surface area (Å²) in [6.45, 7) is 3.42. The van der Waals surface area contributed by atoms with Crippen molar-refractivity contribution in [2.24, 2.45) is 0 Å². The van der Waals surface area contributed by atoms with Crippen molar-refractivity contribution in [1.29, 1.82) is 0 Å². The minimum atomic E-state index is -0.422. The Labute approximate surface area is 112 Å². The first-order valence-corrected chi connectivity index (χ1v) is 6.61. The number of fused-ring (bicyclic) bond motifs is 1. The Bertz CT molecular complexity index is 437. The van der Waals surface area contributed by atoms with Gasteiger partial charge < -0.3 is 15.4 Å². The quantitative estimate of drug-likeness (QED) is 0.632. The number of carbonyl (C=O) groups is 1. The Balaban J connectivity index is 1.99. The number of benzene rings is 1. The number of carbonyl (C=O) groups excluding carboxylic acids is 1. The fourth-order valence-electron chi connectivity index (χ4n) is 1.84. The second-order valence-electron chi connectivity index (χ2n) is 4.27. The molecule has 2 N–H and O–H groups in total. The largest absolute Gasteiger partial charge is 0.479 e. The number of ether oxygens (including phenoxy) is 1. The van der Waals surface area contributed by atoms with Crippen molar-refractivity contribution < 1.29 is 9.53 Å². The van der Waals surface area contributed by atoms with Gasteiger partial charge in [-0.3, -0.25) is 4.79 Å². The van der Waals surface area contributed by atoms with E-state index in [1.165, 1.54) is 0 Å². The number of amides is 1. The fourth-order valence-corrected chi connectivity index (χ4v) is 1.97. The number of anilines is 1. The molecule has 1 atom stereocenters. The van der Waals surface area contributed by atoms with Crippen LogP contribution in [-0.2, 0) is 11.2 Å². The SMILES string of the molecule is CC1Oc2ccc(CCNCCCl)cc2NC1=O. The first-order valence-electron chi connectivity index (χ1n) is 6.08. The van der Waals surface area contributed by atoms with Gasteiger partial charge in [0.2, 0.25) is 0 Å². The number of rotatable bonds is 5. The van der Waals surface area contributed by atoms with Crippen molar-refractivity contribution in [2.75, 3.05) is 24.3 Å². The van der Waals surface area contributed by atoms with Crippen LogP contribution in [0.15, 0.2) is 18.2 Å². The van der Waals surface area contributed by atoms with Crippen molar-refractivity contribution in [2.45, 2.75) is 19.4 Å². The minimum Gasteiger partial charge on any atom is -0.479 e. The standard InChI is InChI=1S/C13H17ClN2O2/c1-9-13(17)16-11-8-10(2-3-12(11)18-9)4-6-15-7-5-14/h2-3,8-9,15H,4-7H2,1H3,(H,16,17). The number of halogens is 1. The third kappa shape index (κ3) is 3.15. The Morgan fingerprint density at radius 2 is 2.28 bits per heavy atom. The van der Waals surface area contributed by atoms with E-state index in [0.717, 1.165) is 36.5 Å². The molecule has 1 aliphatic heterocycles. The van der Waals surface area contributed by atoms with Gasteiger partial charge in [0.15, 0.2) is 6.10 Å². The zero-order valence-electron chi connectivity index (χ0n) is 10.3. The van der Waals surface area contributed by atoms with E-state index in [1.54, 1.807) is 6.92 Å². The van der Waals surface area contributed by atoms with Crippen molar-refractivity contribution in [3.05, 3.63) is 23.8 Å². The van der Waals surface area contributed by atoms with Crippen molar-refractivity contribution in [3.8, 4) is 5.75 Å². The molecular formula is C13H17ClN2O2. The van der Waals surface area contributed by atoms with Gasteiger partial charge in [-0.05, 0) is 37.6 Å². The van der Waals surface area contributed by atoms with Gasteiger partial charge in [-0.15, -0.1) is 11.6 Å². The molecule has 0 saturated heterocycles. The van der Waals surface area contributed by atoms with Crippen molar-refractivity contribution in [1.82, 2.24) is 5.32 Å². The van der Waals surface area contributed by atoms with E-state index in [1.807, 2.05) is 18.2 Å². The number of hydrogen-bond acceptors (Lipinski definition) is 3. The zero-order valence-corrected chi connectivity index (χ0v) is 11.1. The zero-order chi connectivity index (χ0) is 13.0. The lowest BCUT2D eigenvalue weighted by Crippen LogP contribution is -2.34. The second-order valence-corrected chi connectivity index (χ2v) is 4.65. The maximum absolute atomic E-state index is 11.5. The number of nitrogens with one attached hydrogen (secondary N) is 2. The second kappa shape index (κ2) is 6.07. The fraction of sp³-hybridized carbons (Fsp3) is 0.462.